The minimum Gasteiger partial charge on any atom is -0.481 e. The Kier molecular flexibility index (Phi) is 6.37. The molecular formula is C31H52O7. The molecule has 5 aliphatic rings. The molecule has 0 aromatic rings. The number of carbonyl (C=O) groups is 1. The largest absolute Gasteiger partial charge is 0.481 e. The molecule has 218 valence electrons. The van der Waals surface area contributed by atoms with E-state index in [9.17, 15) is 35.4 Å². The average molecular weight is 537 g/mol. The summed E-state index contributed by atoms with van der Waals surface area (Å²) in [5.74, 6) is -0.890. The summed E-state index contributed by atoms with van der Waals surface area (Å²) in [5.41, 5.74) is -4.14. The van der Waals surface area contributed by atoms with Crippen LogP contribution in [0.25, 0.3) is 0 Å². The third-order valence-corrected chi connectivity index (χ3v) is 14.4. The number of aliphatic hydroxyl groups is 5. The van der Waals surface area contributed by atoms with Crippen molar-refractivity contribution in [3.05, 3.63) is 0 Å². The fourth-order valence-corrected chi connectivity index (χ4v) is 11.5. The van der Waals surface area contributed by atoms with Gasteiger partial charge in [-0.15, -0.1) is 0 Å². The molecule has 0 saturated heterocycles. The first kappa shape index (κ1) is 28.8. The van der Waals surface area contributed by atoms with Gasteiger partial charge in [-0.05, 0) is 112 Å². The monoisotopic (exact) mass is 536 g/mol. The van der Waals surface area contributed by atoms with Crippen LogP contribution in [0.4, 0.5) is 0 Å². The summed E-state index contributed by atoms with van der Waals surface area (Å²) in [4.78, 5) is 12.5. The second-order valence-electron chi connectivity index (χ2n) is 15.6. The van der Waals surface area contributed by atoms with Crippen LogP contribution in [0.1, 0.15) is 106 Å². The highest BCUT2D eigenvalue weighted by atomic mass is 16.4. The lowest BCUT2D eigenvalue weighted by Gasteiger charge is -2.64. The molecule has 0 aromatic heterocycles. The molecular weight excluding hydrogens is 484 g/mol. The van der Waals surface area contributed by atoms with Crippen molar-refractivity contribution in [3.8, 4) is 0 Å². The van der Waals surface area contributed by atoms with Crippen LogP contribution in [-0.2, 0) is 4.79 Å². The predicted octanol–water partition coefficient (Wildman–Crippen LogP) is 3.73. The quantitative estimate of drug-likeness (QED) is 0.291. The van der Waals surface area contributed by atoms with E-state index in [1.807, 2.05) is 20.8 Å². The van der Waals surface area contributed by atoms with Crippen LogP contribution in [-0.4, -0.2) is 66.6 Å². The third-order valence-electron chi connectivity index (χ3n) is 14.4. The predicted molar refractivity (Wildman–Crippen MR) is 143 cm³/mol. The number of hydrogen-bond donors (Lipinski definition) is 6. The fourth-order valence-electron chi connectivity index (χ4n) is 11.5. The SMILES string of the molecule is CC(C)C(O)(CO)CCC(C)(O)C1CCC2(C)C3CCC4C(C)(C(=O)O)C(O)CC(O)C45CC35CCC12C. The van der Waals surface area contributed by atoms with Crippen LogP contribution in [0.5, 0.6) is 0 Å². The molecule has 12 atom stereocenters. The molecule has 7 heteroatoms. The molecule has 0 amide bonds. The lowest BCUT2D eigenvalue weighted by atomic mass is 9.41. The Hall–Kier alpha value is -0.730. The van der Waals surface area contributed by atoms with Crippen LogP contribution < -0.4 is 0 Å². The van der Waals surface area contributed by atoms with Gasteiger partial charge in [0, 0.05) is 11.8 Å². The molecule has 12 unspecified atom stereocenters. The fraction of sp³-hybridized carbons (Fsp3) is 0.968. The smallest absolute Gasteiger partial charge is 0.312 e. The zero-order valence-electron chi connectivity index (χ0n) is 24.3. The summed E-state index contributed by atoms with van der Waals surface area (Å²) >= 11 is 0. The van der Waals surface area contributed by atoms with Crippen molar-refractivity contribution in [3.63, 3.8) is 0 Å². The highest BCUT2D eigenvalue weighted by Gasteiger charge is 2.86. The summed E-state index contributed by atoms with van der Waals surface area (Å²) in [6, 6.07) is 0. The molecule has 0 bridgehead atoms. The molecule has 0 heterocycles. The van der Waals surface area contributed by atoms with E-state index in [1.165, 1.54) is 0 Å². The number of aliphatic carboxylic acids is 1. The van der Waals surface area contributed by atoms with Gasteiger partial charge in [0.2, 0.25) is 0 Å². The van der Waals surface area contributed by atoms with Gasteiger partial charge in [-0.2, -0.15) is 0 Å². The normalized spacial score (nSPS) is 52.7. The van der Waals surface area contributed by atoms with E-state index in [0.717, 1.165) is 38.5 Å². The summed E-state index contributed by atoms with van der Waals surface area (Å²) in [5, 5.41) is 65.3. The topological polar surface area (TPSA) is 138 Å². The zero-order valence-corrected chi connectivity index (χ0v) is 24.3. The maximum absolute atomic E-state index is 12.5. The molecule has 5 saturated carbocycles. The van der Waals surface area contributed by atoms with Gasteiger partial charge in [-0.1, -0.05) is 27.7 Å². The average Bonchev–Trinajstić information content (AvgIpc) is 3.45. The van der Waals surface area contributed by atoms with Gasteiger partial charge in [-0.3, -0.25) is 4.79 Å². The van der Waals surface area contributed by atoms with Gasteiger partial charge in [0.25, 0.3) is 0 Å². The molecule has 5 aliphatic carbocycles. The van der Waals surface area contributed by atoms with Crippen molar-refractivity contribution in [2.45, 2.75) is 129 Å². The van der Waals surface area contributed by atoms with Crippen molar-refractivity contribution < 1.29 is 35.4 Å². The highest BCUT2D eigenvalue weighted by molar-refractivity contribution is 5.76. The minimum atomic E-state index is -1.24. The molecule has 0 radical (unpaired) electrons. The number of rotatable bonds is 7. The van der Waals surface area contributed by atoms with Crippen LogP contribution in [0.3, 0.4) is 0 Å². The summed E-state index contributed by atoms with van der Waals surface area (Å²) < 4.78 is 0. The lowest BCUT2D eigenvalue weighted by molar-refractivity contribution is -0.214. The molecule has 5 fully saturated rings. The Morgan fingerprint density at radius 3 is 2.13 bits per heavy atom. The Labute approximate surface area is 228 Å². The van der Waals surface area contributed by atoms with Crippen LogP contribution >= 0.6 is 0 Å². The van der Waals surface area contributed by atoms with Gasteiger partial charge in [-0.25, -0.2) is 0 Å². The van der Waals surface area contributed by atoms with Crippen molar-refractivity contribution in [1.29, 1.82) is 0 Å². The van der Waals surface area contributed by atoms with Crippen molar-refractivity contribution in [2.24, 2.45) is 50.7 Å². The molecule has 0 aliphatic heterocycles. The highest BCUT2D eigenvalue weighted by Crippen LogP contribution is 2.89. The molecule has 5 rings (SSSR count). The zero-order chi connectivity index (χ0) is 28.3. The van der Waals surface area contributed by atoms with Crippen LogP contribution in [0, 0.1) is 50.7 Å². The Balaban J connectivity index is 1.44. The minimum absolute atomic E-state index is 0.0465. The Morgan fingerprint density at radius 2 is 1.55 bits per heavy atom. The van der Waals surface area contributed by atoms with E-state index < -0.39 is 40.2 Å². The van der Waals surface area contributed by atoms with E-state index in [0.29, 0.717) is 25.2 Å². The van der Waals surface area contributed by atoms with E-state index in [-0.39, 0.29) is 47.0 Å². The van der Waals surface area contributed by atoms with E-state index in [4.69, 9.17) is 0 Å². The van der Waals surface area contributed by atoms with Gasteiger partial charge < -0.3 is 30.6 Å². The second-order valence-corrected chi connectivity index (χ2v) is 15.6. The van der Waals surface area contributed by atoms with Crippen molar-refractivity contribution in [1.82, 2.24) is 0 Å². The molecule has 2 spiro atoms. The standard InChI is InChI=1S/C31H52O7/c1-18(2)30(38,17-32)14-12-27(5,37)19-9-10-25(3)20-7-8-21-28(6,24(35)36)22(33)15-23(34)31(21)16-29(20,31)13-11-26(19,25)4/h18-23,32-34,37-38H,7-17H2,1-6H3,(H,35,36). The molecule has 0 aromatic carbocycles. The first-order chi connectivity index (χ1) is 17.4. The molecule has 7 nitrogen and oxygen atoms in total. The second kappa shape index (κ2) is 8.40. The first-order valence-corrected chi connectivity index (χ1v) is 15.1. The van der Waals surface area contributed by atoms with E-state index in [1.54, 1.807) is 6.92 Å². The molecule has 38 heavy (non-hydrogen) atoms. The van der Waals surface area contributed by atoms with Crippen LogP contribution in [0.15, 0.2) is 0 Å². The molecule has 6 N–H and O–H groups in total. The Morgan fingerprint density at radius 1 is 0.921 bits per heavy atom. The summed E-state index contributed by atoms with van der Waals surface area (Å²) in [7, 11) is 0. The maximum atomic E-state index is 12.5. The van der Waals surface area contributed by atoms with E-state index >= 15 is 0 Å². The Bertz CT molecular complexity index is 981. The van der Waals surface area contributed by atoms with Gasteiger partial charge in [0.05, 0.1) is 35.4 Å². The number of aliphatic hydroxyl groups excluding tert-OH is 3. The number of hydrogen-bond acceptors (Lipinski definition) is 6. The summed E-state index contributed by atoms with van der Waals surface area (Å²) in [6.45, 7) is 11.8. The summed E-state index contributed by atoms with van der Waals surface area (Å²) in [6.07, 6.45) is 5.34. The number of carboxylic acids is 1. The third kappa shape index (κ3) is 3.23. The van der Waals surface area contributed by atoms with Gasteiger partial charge in [0.1, 0.15) is 0 Å². The first-order valence-electron chi connectivity index (χ1n) is 15.1. The maximum Gasteiger partial charge on any atom is 0.312 e. The number of fused-ring (bicyclic) bond motifs is 2. The van der Waals surface area contributed by atoms with Gasteiger partial charge in [0.15, 0.2) is 0 Å². The van der Waals surface area contributed by atoms with Crippen molar-refractivity contribution >= 4 is 5.97 Å². The van der Waals surface area contributed by atoms with Gasteiger partial charge >= 0.3 is 5.97 Å². The van der Waals surface area contributed by atoms with Crippen LogP contribution in [0.2, 0.25) is 0 Å². The van der Waals surface area contributed by atoms with E-state index in [2.05, 4.69) is 13.8 Å². The number of carboxylic acid groups (broad SMARTS) is 1. The van der Waals surface area contributed by atoms with Crippen molar-refractivity contribution in [2.75, 3.05) is 6.61 Å². The lowest BCUT2D eigenvalue weighted by Crippen LogP contribution is -2.63.